The highest BCUT2D eigenvalue weighted by Crippen LogP contribution is 2.40. The fraction of sp³-hybridized carbons (Fsp3) is 0.364. The predicted molar refractivity (Wildman–Crippen MR) is 53.8 cm³/mol. The molecular formula is C11H13NO3. The Morgan fingerprint density at radius 3 is 3.07 bits per heavy atom. The van der Waals surface area contributed by atoms with Crippen LogP contribution < -0.4 is 10.2 Å². The third kappa shape index (κ3) is 1.68. The largest absolute Gasteiger partial charge is 0.492 e. The Balaban J connectivity index is 2.28. The number of carbonyl (C=O) groups is 1. The van der Waals surface area contributed by atoms with E-state index in [0.29, 0.717) is 6.61 Å². The van der Waals surface area contributed by atoms with Crippen molar-refractivity contribution in [2.24, 2.45) is 0 Å². The summed E-state index contributed by atoms with van der Waals surface area (Å²) in [5.74, 6) is 0.434. The first-order valence-corrected chi connectivity index (χ1v) is 4.81. The minimum Gasteiger partial charge on any atom is -0.492 e. The van der Waals surface area contributed by atoms with Gasteiger partial charge in [-0.25, -0.2) is 5.48 Å². The van der Waals surface area contributed by atoms with Crippen LogP contribution in [0.25, 0.3) is 0 Å². The van der Waals surface area contributed by atoms with Gasteiger partial charge in [-0.15, -0.1) is 0 Å². The minimum absolute atomic E-state index is 0.223. The minimum atomic E-state index is -0.391. The molecule has 15 heavy (non-hydrogen) atoms. The number of para-hydroxylation sites is 1. The van der Waals surface area contributed by atoms with Gasteiger partial charge in [0.15, 0.2) is 0 Å². The van der Waals surface area contributed by atoms with Crippen molar-refractivity contribution in [2.45, 2.75) is 18.8 Å². The van der Waals surface area contributed by atoms with Gasteiger partial charge >= 0.3 is 0 Å². The van der Waals surface area contributed by atoms with Crippen molar-refractivity contribution in [1.29, 1.82) is 0 Å². The van der Waals surface area contributed by atoms with Gasteiger partial charge in [0.1, 0.15) is 5.75 Å². The molecule has 2 rings (SSSR count). The average Bonchev–Trinajstić information content (AvgIpc) is 2.57. The van der Waals surface area contributed by atoms with E-state index in [-0.39, 0.29) is 11.8 Å². The fourth-order valence-electron chi connectivity index (χ4n) is 1.95. The molecule has 1 aromatic rings. The lowest BCUT2D eigenvalue weighted by Gasteiger charge is -2.20. The van der Waals surface area contributed by atoms with Crippen LogP contribution in [0.1, 0.15) is 18.9 Å². The molecule has 1 atom stereocenters. The van der Waals surface area contributed by atoms with Gasteiger partial charge in [0.05, 0.1) is 6.61 Å². The SMILES string of the molecule is CC1(CC(=O)NO)COc2ccccc21. The number of rotatable bonds is 2. The number of carbonyl (C=O) groups excluding carboxylic acids is 1. The highest BCUT2D eigenvalue weighted by Gasteiger charge is 2.37. The number of fused-ring (bicyclic) bond motifs is 1. The Morgan fingerprint density at radius 2 is 2.33 bits per heavy atom. The number of amides is 1. The van der Waals surface area contributed by atoms with Crippen LogP contribution in [0.5, 0.6) is 5.75 Å². The van der Waals surface area contributed by atoms with Gasteiger partial charge in [-0.05, 0) is 6.07 Å². The zero-order chi connectivity index (χ0) is 10.9. The first kappa shape index (κ1) is 9.98. The van der Waals surface area contributed by atoms with Gasteiger partial charge < -0.3 is 4.74 Å². The number of benzene rings is 1. The van der Waals surface area contributed by atoms with Crippen LogP contribution in [0.3, 0.4) is 0 Å². The molecule has 1 amide bonds. The van der Waals surface area contributed by atoms with Gasteiger partial charge in [-0.2, -0.15) is 0 Å². The van der Waals surface area contributed by atoms with E-state index < -0.39 is 5.91 Å². The van der Waals surface area contributed by atoms with Crippen molar-refractivity contribution in [3.63, 3.8) is 0 Å². The van der Waals surface area contributed by atoms with E-state index in [9.17, 15) is 4.79 Å². The molecule has 0 radical (unpaired) electrons. The van der Waals surface area contributed by atoms with Gasteiger partial charge in [-0.3, -0.25) is 10.0 Å². The van der Waals surface area contributed by atoms with E-state index in [2.05, 4.69) is 0 Å². The van der Waals surface area contributed by atoms with Crippen LogP contribution in [0, 0.1) is 0 Å². The van der Waals surface area contributed by atoms with Crippen LogP contribution in [-0.2, 0) is 10.2 Å². The van der Waals surface area contributed by atoms with Crippen molar-refractivity contribution in [3.05, 3.63) is 29.8 Å². The number of hydrogen-bond acceptors (Lipinski definition) is 3. The normalized spacial score (nSPS) is 23.1. The van der Waals surface area contributed by atoms with Crippen LogP contribution in [0.4, 0.5) is 0 Å². The van der Waals surface area contributed by atoms with Crippen LogP contribution in [0.15, 0.2) is 24.3 Å². The van der Waals surface area contributed by atoms with Crippen LogP contribution in [0.2, 0.25) is 0 Å². The molecule has 1 aliphatic heterocycles. The second-order valence-electron chi connectivity index (χ2n) is 4.06. The molecule has 0 fully saturated rings. The summed E-state index contributed by atoms with van der Waals surface area (Å²) in [6.45, 7) is 2.42. The summed E-state index contributed by atoms with van der Waals surface area (Å²) < 4.78 is 5.50. The number of hydroxylamine groups is 1. The van der Waals surface area contributed by atoms with Gasteiger partial charge in [0, 0.05) is 17.4 Å². The molecule has 0 aliphatic carbocycles. The molecule has 1 aliphatic rings. The molecule has 1 unspecified atom stereocenters. The molecule has 0 spiro atoms. The molecule has 0 saturated heterocycles. The maximum atomic E-state index is 11.2. The number of hydrogen-bond donors (Lipinski definition) is 2. The van der Waals surface area contributed by atoms with E-state index in [1.54, 1.807) is 5.48 Å². The topological polar surface area (TPSA) is 58.6 Å². The maximum Gasteiger partial charge on any atom is 0.244 e. The number of ether oxygens (including phenoxy) is 1. The third-order valence-electron chi connectivity index (χ3n) is 2.76. The third-order valence-corrected chi connectivity index (χ3v) is 2.76. The van der Waals surface area contributed by atoms with Crippen molar-refractivity contribution in [2.75, 3.05) is 6.61 Å². The first-order chi connectivity index (χ1) is 7.15. The molecular weight excluding hydrogens is 194 g/mol. The van der Waals surface area contributed by atoms with Gasteiger partial charge in [0.2, 0.25) is 5.91 Å². The van der Waals surface area contributed by atoms with Gasteiger partial charge in [-0.1, -0.05) is 25.1 Å². The molecule has 0 saturated carbocycles. The molecule has 0 aromatic heterocycles. The van der Waals surface area contributed by atoms with Crippen molar-refractivity contribution in [1.82, 2.24) is 5.48 Å². The summed E-state index contributed by atoms with van der Waals surface area (Å²) in [5.41, 5.74) is 2.33. The molecule has 4 heteroatoms. The summed E-state index contributed by atoms with van der Waals surface area (Å²) >= 11 is 0. The standard InChI is InChI=1S/C11H13NO3/c1-11(6-10(13)12-14)7-15-9-5-3-2-4-8(9)11/h2-5,14H,6-7H2,1H3,(H,12,13). The van der Waals surface area contributed by atoms with Crippen molar-refractivity contribution < 1.29 is 14.7 Å². The van der Waals surface area contributed by atoms with Crippen molar-refractivity contribution >= 4 is 5.91 Å². The summed E-state index contributed by atoms with van der Waals surface area (Å²) in [7, 11) is 0. The second-order valence-corrected chi connectivity index (χ2v) is 4.06. The second kappa shape index (κ2) is 3.55. The predicted octanol–water partition coefficient (Wildman–Crippen LogP) is 1.23. The summed E-state index contributed by atoms with van der Waals surface area (Å²) in [6.07, 6.45) is 0.223. The molecule has 80 valence electrons. The summed E-state index contributed by atoms with van der Waals surface area (Å²) in [4.78, 5) is 11.2. The van der Waals surface area contributed by atoms with Crippen molar-refractivity contribution in [3.8, 4) is 5.75 Å². The van der Waals surface area contributed by atoms with Gasteiger partial charge in [0.25, 0.3) is 0 Å². The lowest BCUT2D eigenvalue weighted by molar-refractivity contribution is -0.130. The summed E-state index contributed by atoms with van der Waals surface area (Å²) in [5, 5.41) is 8.52. The molecule has 4 nitrogen and oxygen atoms in total. The Labute approximate surface area is 87.8 Å². The van der Waals surface area contributed by atoms with E-state index in [1.807, 2.05) is 31.2 Å². The fourth-order valence-corrected chi connectivity index (χ4v) is 1.95. The maximum absolute atomic E-state index is 11.2. The first-order valence-electron chi connectivity index (χ1n) is 4.81. The Bertz CT molecular complexity index is 391. The van der Waals surface area contributed by atoms with E-state index in [4.69, 9.17) is 9.94 Å². The zero-order valence-electron chi connectivity index (χ0n) is 8.49. The van der Waals surface area contributed by atoms with E-state index >= 15 is 0 Å². The van der Waals surface area contributed by atoms with E-state index in [1.165, 1.54) is 0 Å². The van der Waals surface area contributed by atoms with Crippen LogP contribution >= 0.6 is 0 Å². The zero-order valence-corrected chi connectivity index (χ0v) is 8.49. The Morgan fingerprint density at radius 1 is 1.60 bits per heavy atom. The highest BCUT2D eigenvalue weighted by molar-refractivity contribution is 5.76. The lowest BCUT2D eigenvalue weighted by Crippen LogP contribution is -2.32. The quantitative estimate of drug-likeness (QED) is 0.566. The lowest BCUT2D eigenvalue weighted by atomic mass is 9.81. The Hall–Kier alpha value is -1.55. The summed E-state index contributed by atoms with van der Waals surface area (Å²) in [6, 6.07) is 7.66. The highest BCUT2D eigenvalue weighted by atomic mass is 16.5. The number of nitrogens with one attached hydrogen (secondary N) is 1. The Kier molecular flexibility index (Phi) is 2.36. The average molecular weight is 207 g/mol. The molecule has 1 heterocycles. The van der Waals surface area contributed by atoms with E-state index in [0.717, 1.165) is 11.3 Å². The monoisotopic (exact) mass is 207 g/mol. The molecule has 2 N–H and O–H groups in total. The molecule has 1 aromatic carbocycles. The van der Waals surface area contributed by atoms with Crippen LogP contribution in [-0.4, -0.2) is 17.7 Å². The molecule has 0 bridgehead atoms. The smallest absolute Gasteiger partial charge is 0.244 e.